The van der Waals surface area contributed by atoms with Gasteiger partial charge in [0.15, 0.2) is 0 Å². The number of carbonyl (C=O) groups excluding carboxylic acids is 2. The van der Waals surface area contributed by atoms with Crippen LogP contribution >= 0.6 is 22.9 Å². The number of rotatable bonds is 8. The van der Waals surface area contributed by atoms with E-state index in [-0.39, 0.29) is 35.6 Å². The number of nitrogens with one attached hydrogen (secondary N) is 1. The average Bonchev–Trinajstić information content (AvgIpc) is 3.74. The van der Waals surface area contributed by atoms with Gasteiger partial charge in [-0.15, -0.1) is 11.3 Å². The molecule has 13 heteroatoms. The third-order valence-electron chi connectivity index (χ3n) is 6.79. The van der Waals surface area contributed by atoms with Crippen LogP contribution < -0.4 is 14.8 Å². The van der Waals surface area contributed by atoms with Crippen LogP contribution in [0.5, 0.6) is 11.6 Å². The lowest BCUT2D eigenvalue weighted by molar-refractivity contribution is 0.0913. The van der Waals surface area contributed by atoms with Crippen molar-refractivity contribution in [1.82, 2.24) is 30.0 Å². The molecule has 11 nitrogen and oxygen atoms in total. The molecule has 0 aliphatic carbocycles. The second kappa shape index (κ2) is 11.1. The number of hydrogen-bond donors (Lipinski definition) is 1. The third-order valence-corrected chi connectivity index (χ3v) is 7.87. The number of cyclic esters (lactones) is 1. The van der Waals surface area contributed by atoms with Crippen LogP contribution in [0.15, 0.2) is 54.2 Å². The van der Waals surface area contributed by atoms with E-state index in [1.165, 1.54) is 18.4 Å². The maximum atomic E-state index is 13.3. The molecule has 3 aromatic heterocycles. The zero-order valence-corrected chi connectivity index (χ0v) is 23.0. The van der Waals surface area contributed by atoms with E-state index in [2.05, 4.69) is 15.4 Å². The number of pyridine rings is 1. The number of methoxy groups -OCH3 is 1. The molecule has 40 heavy (non-hydrogen) atoms. The summed E-state index contributed by atoms with van der Waals surface area (Å²) in [6.07, 6.45) is 4.21. The summed E-state index contributed by atoms with van der Waals surface area (Å²) in [4.78, 5) is 36.4. The zero-order chi connectivity index (χ0) is 27.6. The van der Waals surface area contributed by atoms with Crippen molar-refractivity contribution < 1.29 is 23.8 Å². The first-order chi connectivity index (χ1) is 19.5. The number of hydrogen-bond acceptors (Lipinski definition) is 9. The van der Waals surface area contributed by atoms with Gasteiger partial charge in [-0.1, -0.05) is 23.7 Å². The Morgan fingerprint density at radius 1 is 1.27 bits per heavy atom. The van der Waals surface area contributed by atoms with Crippen LogP contribution in [0, 0.1) is 0 Å². The van der Waals surface area contributed by atoms with E-state index < -0.39 is 0 Å². The van der Waals surface area contributed by atoms with Crippen LogP contribution in [0.25, 0.3) is 16.5 Å². The van der Waals surface area contributed by atoms with Gasteiger partial charge in [-0.25, -0.2) is 19.4 Å². The van der Waals surface area contributed by atoms with E-state index in [4.69, 9.17) is 30.8 Å². The summed E-state index contributed by atoms with van der Waals surface area (Å²) in [5.41, 5.74) is 2.14. The van der Waals surface area contributed by atoms with E-state index in [1.807, 2.05) is 23.6 Å². The van der Waals surface area contributed by atoms with E-state index in [0.717, 1.165) is 5.56 Å². The van der Waals surface area contributed by atoms with Crippen molar-refractivity contribution >= 4 is 34.9 Å². The Bertz CT molecular complexity index is 1530. The van der Waals surface area contributed by atoms with Crippen LogP contribution in [0.4, 0.5) is 4.79 Å². The highest BCUT2D eigenvalue weighted by Gasteiger charge is 2.39. The molecule has 0 unspecified atom stereocenters. The Hall–Kier alpha value is -4.16. The molecule has 2 saturated heterocycles. The molecule has 2 atom stereocenters. The van der Waals surface area contributed by atoms with Gasteiger partial charge in [-0.2, -0.15) is 5.10 Å². The molecule has 2 amide bonds. The van der Waals surface area contributed by atoms with Crippen molar-refractivity contribution in [3.05, 3.63) is 70.3 Å². The quantitative estimate of drug-likeness (QED) is 0.327. The molecule has 2 aliphatic rings. The van der Waals surface area contributed by atoms with Crippen molar-refractivity contribution in [2.24, 2.45) is 0 Å². The zero-order valence-electron chi connectivity index (χ0n) is 21.4. The topological polar surface area (TPSA) is 121 Å². The van der Waals surface area contributed by atoms with Crippen molar-refractivity contribution in [1.29, 1.82) is 0 Å². The molecular weight excluding hydrogens is 556 g/mol. The van der Waals surface area contributed by atoms with E-state index in [9.17, 15) is 9.59 Å². The summed E-state index contributed by atoms with van der Waals surface area (Å²) in [6.45, 7) is 1.16. The Morgan fingerprint density at radius 2 is 2.12 bits per heavy atom. The molecule has 1 N–H and O–H groups in total. The molecule has 0 saturated carbocycles. The number of amides is 2. The largest absolute Gasteiger partial charge is 0.488 e. The molecule has 5 heterocycles. The maximum absolute atomic E-state index is 13.3. The lowest BCUT2D eigenvalue weighted by atomic mass is 10.0. The highest BCUT2D eigenvalue weighted by Crippen LogP contribution is 2.37. The number of fused-ring (bicyclic) bond motifs is 1. The van der Waals surface area contributed by atoms with E-state index in [0.29, 0.717) is 59.8 Å². The number of ether oxygens (including phenoxy) is 3. The Kier molecular flexibility index (Phi) is 7.27. The fourth-order valence-electron chi connectivity index (χ4n) is 4.76. The number of halogens is 1. The average molecular weight is 581 g/mol. The molecule has 1 aromatic carbocycles. The van der Waals surface area contributed by atoms with Gasteiger partial charge >= 0.3 is 6.09 Å². The van der Waals surface area contributed by atoms with Crippen LogP contribution in [-0.4, -0.2) is 69.1 Å². The maximum Gasteiger partial charge on any atom is 0.410 e. The van der Waals surface area contributed by atoms with Crippen LogP contribution in [0.3, 0.4) is 0 Å². The van der Waals surface area contributed by atoms with Gasteiger partial charge in [0.2, 0.25) is 11.0 Å². The van der Waals surface area contributed by atoms with Crippen LogP contribution in [-0.2, 0) is 11.3 Å². The lowest BCUT2D eigenvalue weighted by Crippen LogP contribution is -2.44. The predicted molar refractivity (Wildman–Crippen MR) is 147 cm³/mol. The number of piperidine rings is 1. The fourth-order valence-corrected chi connectivity index (χ4v) is 5.63. The molecule has 0 spiro atoms. The minimum Gasteiger partial charge on any atom is -0.488 e. The fraction of sp³-hybridized carbons (Fsp3) is 0.296. The van der Waals surface area contributed by atoms with Crippen molar-refractivity contribution in [2.45, 2.75) is 31.5 Å². The standard InChI is InChI=1S/C27H25ClN6O5S/c1-37-25-20(24(35)29-13-16-3-5-17(28)6-4-16)12-22(39-19-7-10-33-18(11-19)14-38-27(33)36)23(32-25)21-15-40-26(31-21)34-9-2-8-30-34/h2-6,8-9,12,15,18-19H,7,10-11,13-14H2,1H3,(H,29,35)/t18-,19-/m0/s1. The molecule has 206 valence electrons. The summed E-state index contributed by atoms with van der Waals surface area (Å²) in [7, 11) is 1.46. The van der Waals surface area contributed by atoms with Gasteiger partial charge < -0.3 is 24.4 Å². The van der Waals surface area contributed by atoms with Gasteiger partial charge in [-0.05, 0) is 23.8 Å². The minimum absolute atomic E-state index is 0.0475. The number of nitrogens with zero attached hydrogens (tertiary/aromatic N) is 5. The molecule has 2 fully saturated rings. The van der Waals surface area contributed by atoms with Crippen LogP contribution in [0.2, 0.25) is 5.02 Å². The van der Waals surface area contributed by atoms with E-state index >= 15 is 0 Å². The molecule has 6 rings (SSSR count). The van der Waals surface area contributed by atoms with Crippen molar-refractivity contribution in [3.8, 4) is 28.1 Å². The van der Waals surface area contributed by atoms with Gasteiger partial charge in [0, 0.05) is 54.8 Å². The van der Waals surface area contributed by atoms with Crippen molar-refractivity contribution in [3.63, 3.8) is 0 Å². The van der Waals surface area contributed by atoms with Gasteiger partial charge in [0.25, 0.3) is 5.91 Å². The smallest absolute Gasteiger partial charge is 0.410 e. The normalized spacial score (nSPS) is 18.2. The summed E-state index contributed by atoms with van der Waals surface area (Å²) >= 11 is 7.38. The van der Waals surface area contributed by atoms with Gasteiger partial charge in [-0.3, -0.25) is 4.79 Å². The Balaban J connectivity index is 1.31. The Morgan fingerprint density at radius 3 is 2.90 bits per heavy atom. The summed E-state index contributed by atoms with van der Waals surface area (Å²) < 4.78 is 18.9. The number of thiazole rings is 1. The molecule has 0 bridgehead atoms. The predicted octanol–water partition coefficient (Wildman–Crippen LogP) is 4.34. The summed E-state index contributed by atoms with van der Waals surface area (Å²) in [5.74, 6) is 0.184. The highest BCUT2D eigenvalue weighted by molar-refractivity contribution is 7.12. The first-order valence-corrected chi connectivity index (χ1v) is 13.9. The Labute approximate surface area is 238 Å². The van der Waals surface area contributed by atoms with Crippen molar-refractivity contribution in [2.75, 3.05) is 20.3 Å². The SMILES string of the molecule is COc1nc(-c2csc(-n3cccn3)n2)c(O[C@H]2CCN3C(=O)OC[C@@H]3C2)cc1C(=O)NCc1ccc(Cl)cc1. The summed E-state index contributed by atoms with van der Waals surface area (Å²) in [5, 5.41) is 10.3. The monoisotopic (exact) mass is 580 g/mol. The first kappa shape index (κ1) is 26.1. The molecular formula is C27H25ClN6O5S. The van der Waals surface area contributed by atoms with Gasteiger partial charge in [0.1, 0.15) is 35.4 Å². The molecule has 2 aliphatic heterocycles. The number of carbonyl (C=O) groups is 2. The lowest BCUT2D eigenvalue weighted by Gasteiger charge is -2.32. The van der Waals surface area contributed by atoms with Crippen LogP contribution in [0.1, 0.15) is 28.8 Å². The second-order valence-electron chi connectivity index (χ2n) is 9.36. The second-order valence-corrected chi connectivity index (χ2v) is 10.6. The summed E-state index contributed by atoms with van der Waals surface area (Å²) in [6, 6.07) is 10.6. The number of aromatic nitrogens is 4. The highest BCUT2D eigenvalue weighted by atomic mass is 35.5. The third kappa shape index (κ3) is 5.32. The number of benzene rings is 1. The van der Waals surface area contributed by atoms with E-state index in [1.54, 1.807) is 40.2 Å². The molecule has 4 aromatic rings. The first-order valence-electron chi connectivity index (χ1n) is 12.7. The molecule has 0 radical (unpaired) electrons. The van der Waals surface area contributed by atoms with Gasteiger partial charge in [0.05, 0.1) is 13.2 Å². The minimum atomic E-state index is -0.365.